The molecule has 1 aliphatic carbocycles. The lowest BCUT2D eigenvalue weighted by Gasteiger charge is -2.30. The van der Waals surface area contributed by atoms with Gasteiger partial charge in [0.25, 0.3) is 5.91 Å². The van der Waals surface area contributed by atoms with Crippen molar-refractivity contribution in [3.63, 3.8) is 0 Å². The predicted octanol–water partition coefficient (Wildman–Crippen LogP) is 5.04. The van der Waals surface area contributed by atoms with E-state index in [9.17, 15) is 4.79 Å². The Morgan fingerprint density at radius 2 is 1.44 bits per heavy atom. The SMILES string of the molecule is NC1CCN(Cc2ccc(C(=O)NOCc3ccccc3)cc2)CC1.c1ccc(C2CC2)cc1. The van der Waals surface area contributed by atoms with E-state index in [1.165, 1.54) is 24.0 Å². The van der Waals surface area contributed by atoms with Gasteiger partial charge >= 0.3 is 0 Å². The Balaban J connectivity index is 0.000000252. The second-order valence-electron chi connectivity index (χ2n) is 9.20. The number of piperidine rings is 1. The zero-order chi connectivity index (χ0) is 23.6. The molecule has 0 unspecified atom stereocenters. The van der Waals surface area contributed by atoms with Gasteiger partial charge in [-0.3, -0.25) is 14.5 Å². The molecule has 3 aromatic rings. The molecule has 5 heteroatoms. The summed E-state index contributed by atoms with van der Waals surface area (Å²) >= 11 is 0. The molecule has 2 aliphatic rings. The predicted molar refractivity (Wildman–Crippen MR) is 136 cm³/mol. The molecule has 1 heterocycles. The third-order valence-corrected chi connectivity index (χ3v) is 6.35. The Morgan fingerprint density at radius 1 is 0.824 bits per heavy atom. The van der Waals surface area contributed by atoms with Crippen molar-refractivity contribution < 1.29 is 9.63 Å². The maximum atomic E-state index is 12.1. The minimum atomic E-state index is -0.230. The van der Waals surface area contributed by atoms with E-state index in [2.05, 4.69) is 40.7 Å². The summed E-state index contributed by atoms with van der Waals surface area (Å²) in [6.45, 7) is 3.33. The van der Waals surface area contributed by atoms with Gasteiger partial charge in [-0.05, 0) is 73.5 Å². The molecule has 3 N–H and O–H groups in total. The van der Waals surface area contributed by atoms with Gasteiger partial charge in [0.1, 0.15) is 0 Å². The number of nitrogens with zero attached hydrogens (tertiary/aromatic N) is 1. The number of benzene rings is 3. The normalized spacial score (nSPS) is 16.4. The maximum absolute atomic E-state index is 12.1. The monoisotopic (exact) mass is 457 g/mol. The second kappa shape index (κ2) is 12.5. The summed E-state index contributed by atoms with van der Waals surface area (Å²) in [5.41, 5.74) is 12.8. The van der Waals surface area contributed by atoms with Crippen LogP contribution in [0.15, 0.2) is 84.9 Å². The Labute approximate surface area is 202 Å². The summed E-state index contributed by atoms with van der Waals surface area (Å²) in [6.07, 6.45) is 4.92. The van der Waals surface area contributed by atoms with Crippen LogP contribution in [0.5, 0.6) is 0 Å². The molecule has 0 radical (unpaired) electrons. The van der Waals surface area contributed by atoms with Crippen LogP contribution in [0.2, 0.25) is 0 Å². The van der Waals surface area contributed by atoms with Crippen LogP contribution in [-0.2, 0) is 18.0 Å². The maximum Gasteiger partial charge on any atom is 0.274 e. The first-order valence-electron chi connectivity index (χ1n) is 12.3. The topological polar surface area (TPSA) is 67.6 Å². The van der Waals surface area contributed by atoms with E-state index < -0.39 is 0 Å². The molecular weight excluding hydrogens is 422 g/mol. The molecule has 0 bridgehead atoms. The number of carbonyl (C=O) groups excluding carboxylic acids is 1. The second-order valence-corrected chi connectivity index (χ2v) is 9.20. The summed E-state index contributed by atoms with van der Waals surface area (Å²) in [4.78, 5) is 19.8. The number of hydrogen-bond acceptors (Lipinski definition) is 4. The van der Waals surface area contributed by atoms with Crippen molar-refractivity contribution in [3.05, 3.63) is 107 Å². The highest BCUT2D eigenvalue weighted by Gasteiger charge is 2.22. The molecule has 178 valence electrons. The molecule has 5 nitrogen and oxygen atoms in total. The zero-order valence-electron chi connectivity index (χ0n) is 19.7. The van der Waals surface area contributed by atoms with Crippen LogP contribution >= 0.6 is 0 Å². The number of carbonyl (C=O) groups is 1. The lowest BCUT2D eigenvalue weighted by molar-refractivity contribution is 0.0233. The summed E-state index contributed by atoms with van der Waals surface area (Å²) in [6, 6.07) is 28.5. The van der Waals surface area contributed by atoms with Gasteiger partial charge in [-0.2, -0.15) is 0 Å². The number of hydroxylamine groups is 1. The van der Waals surface area contributed by atoms with E-state index in [1.807, 2.05) is 54.6 Å². The highest BCUT2D eigenvalue weighted by Crippen LogP contribution is 2.39. The third kappa shape index (κ3) is 7.80. The number of rotatable bonds is 7. The van der Waals surface area contributed by atoms with Gasteiger partial charge in [-0.25, -0.2) is 5.48 Å². The van der Waals surface area contributed by atoms with E-state index in [4.69, 9.17) is 10.6 Å². The Hall–Kier alpha value is -2.99. The molecule has 2 fully saturated rings. The minimum Gasteiger partial charge on any atom is -0.328 e. The number of nitrogens with two attached hydrogens (primary N) is 1. The first kappa shape index (κ1) is 24.1. The molecule has 0 spiro atoms. The number of nitrogens with one attached hydrogen (secondary N) is 1. The highest BCUT2D eigenvalue weighted by molar-refractivity contribution is 5.93. The highest BCUT2D eigenvalue weighted by atomic mass is 16.6. The number of amides is 1. The smallest absolute Gasteiger partial charge is 0.274 e. The fourth-order valence-corrected chi connectivity index (χ4v) is 4.09. The van der Waals surface area contributed by atoms with Crippen molar-refractivity contribution in [1.82, 2.24) is 10.4 Å². The van der Waals surface area contributed by atoms with Gasteiger partial charge in [0.15, 0.2) is 0 Å². The lowest BCUT2D eigenvalue weighted by Crippen LogP contribution is -2.39. The molecule has 1 saturated carbocycles. The van der Waals surface area contributed by atoms with Gasteiger partial charge in [-0.15, -0.1) is 0 Å². The van der Waals surface area contributed by atoms with Crippen molar-refractivity contribution in [1.29, 1.82) is 0 Å². The fourth-order valence-electron chi connectivity index (χ4n) is 4.09. The summed E-state index contributed by atoms with van der Waals surface area (Å²) < 4.78 is 0. The van der Waals surface area contributed by atoms with Crippen LogP contribution in [0, 0.1) is 0 Å². The number of hydrogen-bond donors (Lipinski definition) is 2. The van der Waals surface area contributed by atoms with E-state index >= 15 is 0 Å². The summed E-state index contributed by atoms with van der Waals surface area (Å²) in [5, 5.41) is 0. The van der Waals surface area contributed by atoms with Crippen LogP contribution < -0.4 is 11.2 Å². The average Bonchev–Trinajstić information content (AvgIpc) is 3.73. The summed E-state index contributed by atoms with van der Waals surface area (Å²) in [7, 11) is 0. The number of likely N-dealkylation sites (tertiary alicyclic amines) is 1. The standard InChI is InChI=1S/C20H25N3O2.C9H10/c21-19-10-12-23(13-11-19)14-16-6-8-18(9-7-16)20(24)22-25-15-17-4-2-1-3-5-17;1-2-4-8(5-3-1)9-6-7-9/h1-9,19H,10-15,21H2,(H,22,24);1-5,9H,6-7H2. The van der Waals surface area contributed by atoms with Crippen LogP contribution in [0.25, 0.3) is 0 Å². The molecule has 1 saturated heterocycles. The van der Waals surface area contributed by atoms with Crippen LogP contribution in [0.3, 0.4) is 0 Å². The van der Waals surface area contributed by atoms with Crippen LogP contribution in [0.1, 0.15) is 58.6 Å². The van der Waals surface area contributed by atoms with Gasteiger partial charge < -0.3 is 5.73 Å². The van der Waals surface area contributed by atoms with Gasteiger partial charge in [0.2, 0.25) is 0 Å². The molecule has 1 amide bonds. The van der Waals surface area contributed by atoms with Crippen molar-refractivity contribution >= 4 is 5.91 Å². The molecule has 1 aliphatic heterocycles. The summed E-state index contributed by atoms with van der Waals surface area (Å²) in [5.74, 6) is 0.678. The Kier molecular flexibility index (Phi) is 8.85. The van der Waals surface area contributed by atoms with E-state index in [0.29, 0.717) is 18.2 Å². The molecular formula is C29H35N3O2. The zero-order valence-corrected chi connectivity index (χ0v) is 19.7. The van der Waals surface area contributed by atoms with Crippen molar-refractivity contribution in [2.45, 2.75) is 50.8 Å². The van der Waals surface area contributed by atoms with Crippen molar-refractivity contribution in [3.8, 4) is 0 Å². The van der Waals surface area contributed by atoms with Gasteiger partial charge in [0.05, 0.1) is 6.61 Å². The van der Waals surface area contributed by atoms with Gasteiger partial charge in [0, 0.05) is 18.2 Å². The van der Waals surface area contributed by atoms with Crippen molar-refractivity contribution in [2.24, 2.45) is 5.73 Å². The average molecular weight is 458 g/mol. The lowest BCUT2D eigenvalue weighted by atomic mass is 10.0. The molecule has 0 atom stereocenters. The Bertz CT molecular complexity index is 997. The fraction of sp³-hybridized carbons (Fsp3) is 0.345. The first-order chi connectivity index (χ1) is 16.7. The molecule has 5 rings (SSSR count). The molecule has 0 aromatic heterocycles. The largest absolute Gasteiger partial charge is 0.328 e. The van der Waals surface area contributed by atoms with E-state index in [1.54, 1.807) is 0 Å². The van der Waals surface area contributed by atoms with E-state index in [0.717, 1.165) is 44.0 Å². The van der Waals surface area contributed by atoms with Gasteiger partial charge in [-0.1, -0.05) is 72.8 Å². The van der Waals surface area contributed by atoms with Crippen LogP contribution in [-0.4, -0.2) is 29.9 Å². The minimum absolute atomic E-state index is 0.230. The quantitative estimate of drug-likeness (QED) is 0.488. The van der Waals surface area contributed by atoms with E-state index in [-0.39, 0.29) is 5.91 Å². The first-order valence-corrected chi connectivity index (χ1v) is 12.3. The Morgan fingerprint density at radius 3 is 2.06 bits per heavy atom. The molecule has 3 aromatic carbocycles. The van der Waals surface area contributed by atoms with Crippen LogP contribution in [0.4, 0.5) is 0 Å². The van der Waals surface area contributed by atoms with Crippen molar-refractivity contribution in [2.75, 3.05) is 13.1 Å². The third-order valence-electron chi connectivity index (χ3n) is 6.35. The molecule has 34 heavy (non-hydrogen) atoms.